The van der Waals surface area contributed by atoms with Crippen LogP contribution in [0, 0.1) is 12.8 Å². The number of carboxylic acid groups (broad SMARTS) is 1. The summed E-state index contributed by atoms with van der Waals surface area (Å²) in [6, 6.07) is 14.0. The maximum atomic E-state index is 11.4. The zero-order chi connectivity index (χ0) is 23.8. The summed E-state index contributed by atoms with van der Waals surface area (Å²) in [6.45, 7) is 2.43. The summed E-state index contributed by atoms with van der Waals surface area (Å²) < 4.78 is 12.8. The fraction of sp³-hybridized carbons (Fsp3) is 0.385. The highest BCUT2D eigenvalue weighted by molar-refractivity contribution is 5.69. The molecule has 2 aromatic carbocycles. The number of aliphatic hydroxyl groups excluding tert-OH is 1. The Balaban J connectivity index is 1.81. The Hall–Kier alpha value is -3.32. The first kappa shape index (κ1) is 24.3. The van der Waals surface area contributed by atoms with Gasteiger partial charge in [-0.2, -0.15) is 0 Å². The van der Waals surface area contributed by atoms with Crippen molar-refractivity contribution in [1.29, 1.82) is 0 Å². The van der Waals surface area contributed by atoms with Crippen LogP contribution in [-0.4, -0.2) is 40.0 Å². The maximum Gasteiger partial charge on any atom is 0.309 e. The SMILES string of the molecule is COc1cc([C@@H](O)[C@@H](CCCc2ccccc2)Cn2cnc(CC(=O)O)c2)cc(OC)c1C. The first-order valence-corrected chi connectivity index (χ1v) is 11.1. The van der Waals surface area contributed by atoms with Crippen LogP contribution >= 0.6 is 0 Å². The smallest absolute Gasteiger partial charge is 0.309 e. The quantitative estimate of drug-likeness (QED) is 0.428. The number of carbonyl (C=O) groups is 1. The van der Waals surface area contributed by atoms with Crippen LogP contribution in [0.1, 0.15) is 41.3 Å². The molecule has 0 aliphatic heterocycles. The number of aryl methyl sites for hydroxylation is 1. The van der Waals surface area contributed by atoms with E-state index in [4.69, 9.17) is 14.6 Å². The molecule has 0 saturated carbocycles. The van der Waals surface area contributed by atoms with Gasteiger partial charge in [0.2, 0.25) is 0 Å². The summed E-state index contributed by atoms with van der Waals surface area (Å²) in [5.74, 6) is 0.298. The highest BCUT2D eigenvalue weighted by Gasteiger charge is 2.24. The Labute approximate surface area is 194 Å². The molecule has 1 aromatic heterocycles. The normalized spacial score (nSPS) is 12.8. The average molecular weight is 453 g/mol. The van der Waals surface area contributed by atoms with Gasteiger partial charge in [0.1, 0.15) is 11.5 Å². The second-order valence-electron chi connectivity index (χ2n) is 8.27. The molecule has 7 heteroatoms. The van der Waals surface area contributed by atoms with Gasteiger partial charge in [-0.05, 0) is 49.4 Å². The molecule has 2 N–H and O–H groups in total. The van der Waals surface area contributed by atoms with Crippen LogP contribution in [0.4, 0.5) is 0 Å². The lowest BCUT2D eigenvalue weighted by Crippen LogP contribution is -2.19. The van der Waals surface area contributed by atoms with E-state index in [-0.39, 0.29) is 12.3 Å². The number of ether oxygens (including phenoxy) is 2. The van der Waals surface area contributed by atoms with Gasteiger partial charge < -0.3 is 24.3 Å². The van der Waals surface area contributed by atoms with Crippen LogP contribution in [0.25, 0.3) is 0 Å². The molecule has 0 saturated heterocycles. The van der Waals surface area contributed by atoms with Crippen molar-refractivity contribution in [2.45, 2.75) is 45.3 Å². The van der Waals surface area contributed by atoms with Crippen molar-refractivity contribution in [3.05, 3.63) is 77.4 Å². The van der Waals surface area contributed by atoms with Gasteiger partial charge in [-0.3, -0.25) is 4.79 Å². The summed E-state index contributed by atoms with van der Waals surface area (Å²) in [7, 11) is 3.20. The molecule has 0 amide bonds. The first-order chi connectivity index (χ1) is 15.9. The van der Waals surface area contributed by atoms with E-state index in [0.29, 0.717) is 23.7 Å². The largest absolute Gasteiger partial charge is 0.496 e. The molecule has 0 aliphatic rings. The number of aliphatic hydroxyl groups is 1. The fourth-order valence-corrected chi connectivity index (χ4v) is 4.13. The fourth-order valence-electron chi connectivity index (χ4n) is 4.13. The van der Waals surface area contributed by atoms with Crippen LogP contribution in [-0.2, 0) is 24.2 Å². The average Bonchev–Trinajstić information content (AvgIpc) is 3.24. The van der Waals surface area contributed by atoms with Gasteiger partial charge in [-0.15, -0.1) is 0 Å². The Morgan fingerprint density at radius 2 is 1.79 bits per heavy atom. The molecule has 2 atom stereocenters. The number of aliphatic carboxylic acids is 1. The molecule has 0 spiro atoms. The summed E-state index contributed by atoms with van der Waals surface area (Å²) in [5.41, 5.74) is 3.36. The number of nitrogens with zero attached hydrogens (tertiary/aromatic N) is 2. The molecule has 33 heavy (non-hydrogen) atoms. The van der Waals surface area contributed by atoms with Gasteiger partial charge in [0, 0.05) is 24.2 Å². The predicted molar refractivity (Wildman–Crippen MR) is 126 cm³/mol. The molecule has 176 valence electrons. The molecule has 1 heterocycles. The zero-order valence-electron chi connectivity index (χ0n) is 19.4. The Kier molecular flexibility index (Phi) is 8.49. The molecule has 0 unspecified atom stereocenters. The maximum absolute atomic E-state index is 11.4. The minimum atomic E-state index is -0.918. The number of methoxy groups -OCH3 is 2. The van der Waals surface area contributed by atoms with Gasteiger partial charge >= 0.3 is 5.97 Å². The predicted octanol–water partition coefficient (Wildman–Crippen LogP) is 4.21. The Morgan fingerprint density at radius 1 is 1.12 bits per heavy atom. The van der Waals surface area contributed by atoms with Crippen LogP contribution < -0.4 is 9.47 Å². The molecule has 0 bridgehead atoms. The van der Waals surface area contributed by atoms with Gasteiger partial charge in [-0.1, -0.05) is 30.3 Å². The third-order valence-electron chi connectivity index (χ3n) is 5.91. The number of aromatic nitrogens is 2. The van der Waals surface area contributed by atoms with Crippen molar-refractivity contribution in [1.82, 2.24) is 9.55 Å². The third kappa shape index (κ3) is 6.58. The molecule has 0 radical (unpaired) electrons. The molecule has 3 rings (SSSR count). The molecule has 3 aromatic rings. The first-order valence-electron chi connectivity index (χ1n) is 11.1. The second kappa shape index (κ2) is 11.5. The van der Waals surface area contributed by atoms with Gasteiger partial charge in [0.15, 0.2) is 0 Å². The lowest BCUT2D eigenvalue weighted by atomic mass is 9.89. The molecule has 0 aliphatic carbocycles. The van der Waals surface area contributed by atoms with Crippen LogP contribution in [0.5, 0.6) is 11.5 Å². The number of rotatable bonds is 12. The summed E-state index contributed by atoms with van der Waals surface area (Å²) in [6.07, 6.45) is 5.09. The van der Waals surface area contributed by atoms with E-state index in [1.165, 1.54) is 5.56 Å². The number of hydrogen-bond donors (Lipinski definition) is 2. The van der Waals surface area contributed by atoms with E-state index in [1.54, 1.807) is 26.7 Å². The van der Waals surface area contributed by atoms with E-state index in [9.17, 15) is 9.90 Å². The minimum Gasteiger partial charge on any atom is -0.496 e. The third-order valence-corrected chi connectivity index (χ3v) is 5.91. The van der Waals surface area contributed by atoms with Gasteiger partial charge in [0.05, 0.1) is 38.8 Å². The number of benzene rings is 2. The summed E-state index contributed by atoms with van der Waals surface area (Å²) >= 11 is 0. The van der Waals surface area contributed by atoms with Crippen molar-refractivity contribution in [3.63, 3.8) is 0 Å². The highest BCUT2D eigenvalue weighted by atomic mass is 16.5. The van der Waals surface area contributed by atoms with E-state index >= 15 is 0 Å². The number of carboxylic acids is 1. The van der Waals surface area contributed by atoms with Crippen molar-refractivity contribution in [3.8, 4) is 11.5 Å². The number of imidazole rings is 1. The van der Waals surface area contributed by atoms with Crippen molar-refractivity contribution in [2.75, 3.05) is 14.2 Å². The lowest BCUT2D eigenvalue weighted by molar-refractivity contribution is -0.136. The molecule has 7 nitrogen and oxygen atoms in total. The minimum absolute atomic E-state index is 0.113. The molecule has 0 fully saturated rings. The summed E-state index contributed by atoms with van der Waals surface area (Å²) in [5, 5.41) is 20.4. The van der Waals surface area contributed by atoms with Crippen molar-refractivity contribution >= 4 is 5.97 Å². The monoisotopic (exact) mass is 452 g/mol. The van der Waals surface area contributed by atoms with Gasteiger partial charge in [-0.25, -0.2) is 4.98 Å². The standard InChI is InChI=1S/C26H32N2O5/c1-18-23(32-2)12-21(13-24(18)33-3)26(31)20(11-7-10-19-8-5-4-6-9-19)15-28-16-22(27-17-28)14-25(29)30/h4-6,8-9,12-13,16-17,20,26,31H,7,10-11,14-15H2,1-3H3,(H,29,30)/t20-,26-/m0/s1. The lowest BCUT2D eigenvalue weighted by Gasteiger charge is -2.25. The molecular weight excluding hydrogens is 420 g/mol. The van der Waals surface area contributed by atoms with Crippen LogP contribution in [0.2, 0.25) is 0 Å². The second-order valence-corrected chi connectivity index (χ2v) is 8.27. The van der Waals surface area contributed by atoms with Crippen molar-refractivity contribution < 1.29 is 24.5 Å². The van der Waals surface area contributed by atoms with Crippen LogP contribution in [0.15, 0.2) is 55.0 Å². The topological polar surface area (TPSA) is 93.8 Å². The highest BCUT2D eigenvalue weighted by Crippen LogP contribution is 2.36. The number of hydrogen-bond acceptors (Lipinski definition) is 5. The Morgan fingerprint density at radius 3 is 2.39 bits per heavy atom. The van der Waals surface area contributed by atoms with E-state index in [2.05, 4.69) is 17.1 Å². The van der Waals surface area contributed by atoms with E-state index in [1.807, 2.05) is 41.8 Å². The molecular formula is C26H32N2O5. The zero-order valence-corrected chi connectivity index (χ0v) is 19.4. The van der Waals surface area contributed by atoms with E-state index in [0.717, 1.165) is 30.4 Å². The van der Waals surface area contributed by atoms with E-state index < -0.39 is 12.1 Å². The van der Waals surface area contributed by atoms with Crippen molar-refractivity contribution in [2.24, 2.45) is 5.92 Å². The van der Waals surface area contributed by atoms with Gasteiger partial charge in [0.25, 0.3) is 0 Å². The van der Waals surface area contributed by atoms with Crippen LogP contribution in [0.3, 0.4) is 0 Å². The Bertz CT molecular complexity index is 1020. The summed E-state index contributed by atoms with van der Waals surface area (Å²) in [4.78, 5) is 15.2.